The van der Waals surface area contributed by atoms with Gasteiger partial charge in [-0.25, -0.2) is 9.97 Å². The van der Waals surface area contributed by atoms with Crippen LogP contribution in [0.25, 0.3) is 0 Å². The summed E-state index contributed by atoms with van der Waals surface area (Å²) in [4.78, 5) is 20.0. The molecule has 1 aliphatic heterocycles. The fourth-order valence-electron chi connectivity index (χ4n) is 2.21. The quantitative estimate of drug-likeness (QED) is 0.475. The van der Waals surface area contributed by atoms with Crippen LogP contribution in [0.1, 0.15) is 42.5 Å². The minimum absolute atomic E-state index is 0.102. The number of nitrogens with zero attached hydrogens (tertiary/aromatic N) is 2. The Labute approximate surface area is 123 Å². The molecular weight excluding hydrogens is 274 g/mol. The Morgan fingerprint density at radius 2 is 2.25 bits per heavy atom. The second kappa shape index (κ2) is 8.21. The van der Waals surface area contributed by atoms with Crippen LogP contribution in [-0.2, 0) is 4.74 Å². The van der Waals surface area contributed by atoms with Gasteiger partial charge in [-0.3, -0.25) is 4.79 Å². The maximum absolute atomic E-state index is 11.8. The van der Waals surface area contributed by atoms with Crippen molar-refractivity contribution < 1.29 is 9.53 Å². The van der Waals surface area contributed by atoms with E-state index >= 15 is 0 Å². The van der Waals surface area contributed by atoms with Gasteiger partial charge in [-0.2, -0.15) is 0 Å². The lowest BCUT2D eigenvalue weighted by Crippen LogP contribution is -2.25. The standard InChI is InChI=1S/C14H21N3O2S/c1-20-14-16-9-11(10-17-14)13(18)15-7-3-2-5-12-6-4-8-19-12/h9-10,12H,2-8H2,1H3,(H,15,18)/t12-/m0/s1. The lowest BCUT2D eigenvalue weighted by molar-refractivity contribution is 0.0946. The molecule has 0 unspecified atom stereocenters. The van der Waals surface area contributed by atoms with Crippen molar-refractivity contribution in [3.05, 3.63) is 18.0 Å². The summed E-state index contributed by atoms with van der Waals surface area (Å²) in [7, 11) is 0. The molecule has 1 aliphatic rings. The van der Waals surface area contributed by atoms with Crippen LogP contribution in [0.3, 0.4) is 0 Å². The van der Waals surface area contributed by atoms with Crippen molar-refractivity contribution in [3.63, 3.8) is 0 Å². The SMILES string of the molecule is CSc1ncc(C(=O)NCCCC[C@H]2CCCO2)cn1. The molecule has 1 N–H and O–H groups in total. The highest BCUT2D eigenvalue weighted by molar-refractivity contribution is 7.98. The molecule has 20 heavy (non-hydrogen) atoms. The van der Waals surface area contributed by atoms with Gasteiger partial charge in [0.05, 0.1) is 11.7 Å². The van der Waals surface area contributed by atoms with E-state index in [0.29, 0.717) is 23.4 Å². The molecule has 0 aliphatic carbocycles. The number of carbonyl (C=O) groups excluding carboxylic acids is 1. The number of carbonyl (C=O) groups is 1. The van der Waals surface area contributed by atoms with E-state index in [1.165, 1.54) is 24.6 Å². The number of thioether (sulfide) groups is 1. The Morgan fingerprint density at radius 3 is 2.90 bits per heavy atom. The van der Waals surface area contributed by atoms with Gasteiger partial charge in [0.25, 0.3) is 5.91 Å². The van der Waals surface area contributed by atoms with Gasteiger partial charge in [0, 0.05) is 25.5 Å². The summed E-state index contributed by atoms with van der Waals surface area (Å²) < 4.78 is 5.57. The Morgan fingerprint density at radius 1 is 1.45 bits per heavy atom. The first-order valence-corrected chi connectivity index (χ1v) is 8.28. The third-order valence-electron chi connectivity index (χ3n) is 3.34. The Kier molecular flexibility index (Phi) is 6.26. The van der Waals surface area contributed by atoms with Crippen molar-refractivity contribution in [1.29, 1.82) is 0 Å². The highest BCUT2D eigenvalue weighted by atomic mass is 32.2. The minimum atomic E-state index is -0.102. The number of nitrogens with one attached hydrogen (secondary N) is 1. The lowest BCUT2D eigenvalue weighted by atomic mass is 10.1. The van der Waals surface area contributed by atoms with Crippen LogP contribution in [0.15, 0.2) is 17.6 Å². The van der Waals surface area contributed by atoms with Crippen molar-refractivity contribution in [2.45, 2.75) is 43.4 Å². The normalized spacial score (nSPS) is 18.1. The van der Waals surface area contributed by atoms with E-state index in [4.69, 9.17) is 4.74 Å². The van der Waals surface area contributed by atoms with Gasteiger partial charge in [0.1, 0.15) is 0 Å². The van der Waals surface area contributed by atoms with Gasteiger partial charge in [-0.15, -0.1) is 0 Å². The van der Waals surface area contributed by atoms with Crippen LogP contribution >= 0.6 is 11.8 Å². The molecule has 2 rings (SSSR count). The van der Waals surface area contributed by atoms with Crippen LogP contribution in [-0.4, -0.2) is 41.4 Å². The monoisotopic (exact) mass is 295 g/mol. The number of unbranched alkanes of at least 4 members (excludes halogenated alkanes) is 1. The molecular formula is C14H21N3O2S. The highest BCUT2D eigenvalue weighted by Crippen LogP contribution is 2.17. The van der Waals surface area contributed by atoms with Crippen molar-refractivity contribution in [2.24, 2.45) is 0 Å². The second-order valence-electron chi connectivity index (χ2n) is 4.85. The Hall–Kier alpha value is -1.14. The molecule has 6 heteroatoms. The summed E-state index contributed by atoms with van der Waals surface area (Å²) in [5, 5.41) is 3.57. The van der Waals surface area contributed by atoms with Crippen LogP contribution < -0.4 is 5.32 Å². The molecule has 0 radical (unpaired) electrons. The highest BCUT2D eigenvalue weighted by Gasteiger charge is 2.14. The maximum atomic E-state index is 11.8. The number of ether oxygens (including phenoxy) is 1. The summed E-state index contributed by atoms with van der Waals surface area (Å²) >= 11 is 1.46. The number of hydrogen-bond donors (Lipinski definition) is 1. The van der Waals surface area contributed by atoms with Crippen molar-refractivity contribution in [1.82, 2.24) is 15.3 Å². The predicted octanol–water partition coefficient (Wildman–Crippen LogP) is 2.28. The van der Waals surface area contributed by atoms with Gasteiger partial charge in [0.15, 0.2) is 5.16 Å². The average Bonchev–Trinajstić information content (AvgIpc) is 3.00. The average molecular weight is 295 g/mol. The summed E-state index contributed by atoms with van der Waals surface area (Å²) in [6.45, 7) is 1.60. The first kappa shape index (κ1) is 15.3. The third kappa shape index (κ3) is 4.76. The van der Waals surface area contributed by atoms with E-state index in [0.717, 1.165) is 25.9 Å². The van der Waals surface area contributed by atoms with Gasteiger partial charge in [-0.05, 0) is 38.4 Å². The van der Waals surface area contributed by atoms with E-state index in [1.54, 1.807) is 12.4 Å². The molecule has 0 spiro atoms. The van der Waals surface area contributed by atoms with Crippen molar-refractivity contribution in [3.8, 4) is 0 Å². The van der Waals surface area contributed by atoms with Gasteiger partial charge >= 0.3 is 0 Å². The smallest absolute Gasteiger partial charge is 0.254 e. The zero-order valence-corrected chi connectivity index (χ0v) is 12.6. The summed E-state index contributed by atoms with van der Waals surface area (Å²) in [5.41, 5.74) is 0.516. The topological polar surface area (TPSA) is 64.1 Å². The first-order chi connectivity index (χ1) is 9.79. The van der Waals surface area contributed by atoms with Gasteiger partial charge < -0.3 is 10.1 Å². The van der Waals surface area contributed by atoms with Crippen LogP contribution in [0, 0.1) is 0 Å². The molecule has 5 nitrogen and oxygen atoms in total. The van der Waals surface area contributed by atoms with Crippen molar-refractivity contribution in [2.75, 3.05) is 19.4 Å². The third-order valence-corrected chi connectivity index (χ3v) is 3.91. The van der Waals surface area contributed by atoms with Crippen LogP contribution in [0.4, 0.5) is 0 Å². The molecule has 1 aromatic heterocycles. The molecule has 0 aromatic carbocycles. The Bertz CT molecular complexity index is 419. The number of rotatable bonds is 7. The summed E-state index contributed by atoms with van der Waals surface area (Å²) in [6, 6.07) is 0. The number of amides is 1. The number of hydrogen-bond acceptors (Lipinski definition) is 5. The molecule has 1 fully saturated rings. The zero-order valence-electron chi connectivity index (χ0n) is 11.8. The van der Waals surface area contributed by atoms with Crippen molar-refractivity contribution >= 4 is 17.7 Å². The lowest BCUT2D eigenvalue weighted by Gasteiger charge is -2.09. The predicted molar refractivity (Wildman–Crippen MR) is 79.0 cm³/mol. The first-order valence-electron chi connectivity index (χ1n) is 7.05. The van der Waals surface area contributed by atoms with Gasteiger partial charge in [0.2, 0.25) is 0 Å². The summed E-state index contributed by atoms with van der Waals surface area (Å²) in [5.74, 6) is -0.102. The van der Waals surface area contributed by atoms with E-state index in [-0.39, 0.29) is 5.91 Å². The second-order valence-corrected chi connectivity index (χ2v) is 5.62. The number of aromatic nitrogens is 2. The molecule has 1 aromatic rings. The van der Waals surface area contributed by atoms with E-state index in [1.807, 2.05) is 6.26 Å². The Balaban J connectivity index is 1.61. The van der Waals surface area contributed by atoms with Crippen LogP contribution in [0.5, 0.6) is 0 Å². The molecule has 1 amide bonds. The zero-order chi connectivity index (χ0) is 14.2. The van der Waals surface area contributed by atoms with Gasteiger partial charge in [-0.1, -0.05) is 11.8 Å². The molecule has 0 saturated carbocycles. The summed E-state index contributed by atoms with van der Waals surface area (Å²) in [6.07, 6.45) is 11.0. The van der Waals surface area contributed by atoms with E-state index in [9.17, 15) is 4.79 Å². The van der Waals surface area contributed by atoms with Crippen LogP contribution in [0.2, 0.25) is 0 Å². The largest absolute Gasteiger partial charge is 0.378 e. The molecule has 110 valence electrons. The fourth-order valence-corrected chi connectivity index (χ4v) is 2.53. The van der Waals surface area contributed by atoms with E-state index in [2.05, 4.69) is 15.3 Å². The minimum Gasteiger partial charge on any atom is -0.378 e. The molecule has 1 atom stereocenters. The maximum Gasteiger partial charge on any atom is 0.254 e. The molecule has 2 heterocycles. The van der Waals surface area contributed by atoms with E-state index < -0.39 is 0 Å². The molecule has 1 saturated heterocycles. The molecule has 0 bridgehead atoms. The fraction of sp³-hybridized carbons (Fsp3) is 0.643.